The predicted molar refractivity (Wildman–Crippen MR) is 61.1 cm³/mol. The highest BCUT2D eigenvalue weighted by molar-refractivity contribution is 5.35. The van der Waals surface area contributed by atoms with E-state index in [0.29, 0.717) is 0 Å². The van der Waals surface area contributed by atoms with Crippen molar-refractivity contribution in [3.63, 3.8) is 0 Å². The van der Waals surface area contributed by atoms with Crippen molar-refractivity contribution in [3.05, 3.63) is 35.9 Å². The third-order valence-corrected chi connectivity index (χ3v) is 2.67. The Balaban J connectivity index is 2.08. The molecule has 0 bridgehead atoms. The molecule has 1 aromatic carbocycles. The van der Waals surface area contributed by atoms with Gasteiger partial charge in [-0.15, -0.1) is 0 Å². The number of benzene rings is 1. The summed E-state index contributed by atoms with van der Waals surface area (Å²) >= 11 is 0. The molecule has 3 N–H and O–H groups in total. The van der Waals surface area contributed by atoms with E-state index in [0.717, 1.165) is 5.56 Å². The maximum Gasteiger partial charge on any atom is 0.147 e. The fraction of sp³-hybridized carbons (Fsp3) is 0.385. The molecule has 1 aromatic rings. The van der Waals surface area contributed by atoms with Gasteiger partial charge in [0.1, 0.15) is 24.4 Å². The molecule has 0 unspecified atom stereocenters. The van der Waals surface area contributed by atoms with Crippen LogP contribution in [0.4, 0.5) is 0 Å². The molecule has 0 spiro atoms. The summed E-state index contributed by atoms with van der Waals surface area (Å²) < 4.78 is 5.23. The smallest absolute Gasteiger partial charge is 0.147 e. The van der Waals surface area contributed by atoms with Gasteiger partial charge in [0.2, 0.25) is 0 Å². The zero-order valence-electron chi connectivity index (χ0n) is 9.15. The fourth-order valence-corrected chi connectivity index (χ4v) is 1.69. The van der Waals surface area contributed by atoms with Crippen LogP contribution in [-0.4, -0.2) is 46.3 Å². The Morgan fingerprint density at radius 2 is 1.82 bits per heavy atom. The molecule has 0 aliphatic carbocycles. The lowest BCUT2D eigenvalue weighted by Crippen LogP contribution is -2.33. The lowest BCUT2D eigenvalue weighted by molar-refractivity contribution is -0.0111. The first-order chi connectivity index (χ1) is 8.22. The number of hydrogen-bond acceptors (Lipinski definition) is 4. The standard InChI is InChI=1S/C13H14O4/c14-8-11-13(16)12(15)10(17-11)7-6-9-4-2-1-3-5-9/h1-5,10-16H,8H2/t10-,11+,12-,13+/m0/s1. The highest BCUT2D eigenvalue weighted by Gasteiger charge is 2.41. The van der Waals surface area contributed by atoms with Gasteiger partial charge in [0.05, 0.1) is 6.61 Å². The zero-order chi connectivity index (χ0) is 12.3. The van der Waals surface area contributed by atoms with Gasteiger partial charge in [0.15, 0.2) is 0 Å². The molecule has 2 rings (SSSR count). The normalized spacial score (nSPS) is 31.9. The highest BCUT2D eigenvalue weighted by atomic mass is 16.6. The van der Waals surface area contributed by atoms with E-state index in [1.54, 1.807) is 0 Å². The van der Waals surface area contributed by atoms with E-state index in [-0.39, 0.29) is 6.61 Å². The molecule has 0 radical (unpaired) electrons. The average molecular weight is 234 g/mol. The van der Waals surface area contributed by atoms with Crippen LogP contribution in [0.1, 0.15) is 5.56 Å². The zero-order valence-corrected chi connectivity index (χ0v) is 9.15. The topological polar surface area (TPSA) is 69.9 Å². The minimum Gasteiger partial charge on any atom is -0.394 e. The summed E-state index contributed by atoms with van der Waals surface area (Å²) in [6.07, 6.45) is -3.69. The lowest BCUT2D eigenvalue weighted by atomic mass is 10.1. The van der Waals surface area contributed by atoms with Crippen LogP contribution in [-0.2, 0) is 4.74 Å². The third kappa shape index (κ3) is 2.65. The molecule has 90 valence electrons. The van der Waals surface area contributed by atoms with Gasteiger partial charge in [-0.3, -0.25) is 0 Å². The molecule has 4 atom stereocenters. The molecule has 4 nitrogen and oxygen atoms in total. The van der Waals surface area contributed by atoms with Crippen molar-refractivity contribution < 1.29 is 20.1 Å². The van der Waals surface area contributed by atoms with E-state index < -0.39 is 24.4 Å². The van der Waals surface area contributed by atoms with Gasteiger partial charge < -0.3 is 20.1 Å². The second-order valence-corrected chi connectivity index (χ2v) is 3.89. The first-order valence-corrected chi connectivity index (χ1v) is 5.41. The number of aliphatic hydroxyl groups is 3. The first kappa shape index (κ1) is 12.1. The van der Waals surface area contributed by atoms with E-state index in [1.807, 2.05) is 30.3 Å². The van der Waals surface area contributed by atoms with Crippen LogP contribution in [0.2, 0.25) is 0 Å². The molecule has 0 amide bonds. The quantitative estimate of drug-likeness (QED) is 0.574. The van der Waals surface area contributed by atoms with Crippen LogP contribution in [0.25, 0.3) is 0 Å². The summed E-state index contributed by atoms with van der Waals surface area (Å²) in [4.78, 5) is 0. The van der Waals surface area contributed by atoms with Gasteiger partial charge in [-0.25, -0.2) is 0 Å². The van der Waals surface area contributed by atoms with Crippen molar-refractivity contribution in [1.82, 2.24) is 0 Å². The minimum absolute atomic E-state index is 0.332. The van der Waals surface area contributed by atoms with Crippen LogP contribution in [0.3, 0.4) is 0 Å². The Labute approximate surface area is 99.5 Å². The number of hydrogen-bond donors (Lipinski definition) is 3. The number of ether oxygens (including phenoxy) is 1. The Bertz CT molecular complexity index is 420. The second-order valence-electron chi connectivity index (χ2n) is 3.89. The Morgan fingerprint density at radius 1 is 1.12 bits per heavy atom. The maximum absolute atomic E-state index is 9.65. The van der Waals surface area contributed by atoms with Gasteiger partial charge in [-0.05, 0) is 12.1 Å². The number of aliphatic hydroxyl groups excluding tert-OH is 3. The molecule has 1 aliphatic heterocycles. The molecule has 1 aliphatic rings. The summed E-state index contributed by atoms with van der Waals surface area (Å²) in [6, 6.07) is 9.29. The summed E-state index contributed by atoms with van der Waals surface area (Å²) in [5.74, 6) is 5.60. The van der Waals surface area contributed by atoms with E-state index in [9.17, 15) is 10.2 Å². The molecule has 1 heterocycles. The largest absolute Gasteiger partial charge is 0.394 e. The van der Waals surface area contributed by atoms with E-state index in [2.05, 4.69) is 11.8 Å². The predicted octanol–water partition coefficient (Wildman–Crippen LogP) is -0.480. The van der Waals surface area contributed by atoms with Crippen molar-refractivity contribution >= 4 is 0 Å². The van der Waals surface area contributed by atoms with Crippen LogP contribution < -0.4 is 0 Å². The maximum atomic E-state index is 9.65. The molecule has 0 saturated carbocycles. The van der Waals surface area contributed by atoms with E-state index in [4.69, 9.17) is 9.84 Å². The van der Waals surface area contributed by atoms with Gasteiger partial charge in [0.25, 0.3) is 0 Å². The van der Waals surface area contributed by atoms with Crippen molar-refractivity contribution in [2.24, 2.45) is 0 Å². The summed E-state index contributed by atoms with van der Waals surface area (Å²) in [6.45, 7) is -0.332. The van der Waals surface area contributed by atoms with Gasteiger partial charge >= 0.3 is 0 Å². The molecule has 17 heavy (non-hydrogen) atoms. The first-order valence-electron chi connectivity index (χ1n) is 5.41. The molecule has 0 aromatic heterocycles. The van der Waals surface area contributed by atoms with Crippen LogP contribution in [0.15, 0.2) is 30.3 Å². The Morgan fingerprint density at radius 3 is 2.41 bits per heavy atom. The summed E-state index contributed by atoms with van der Waals surface area (Å²) in [5, 5.41) is 28.1. The lowest BCUT2D eigenvalue weighted by Gasteiger charge is -2.09. The van der Waals surface area contributed by atoms with Gasteiger partial charge in [-0.2, -0.15) is 0 Å². The van der Waals surface area contributed by atoms with E-state index in [1.165, 1.54) is 0 Å². The average Bonchev–Trinajstić information content (AvgIpc) is 2.65. The van der Waals surface area contributed by atoms with Crippen molar-refractivity contribution in [2.75, 3.05) is 6.61 Å². The second kappa shape index (κ2) is 5.30. The third-order valence-electron chi connectivity index (χ3n) is 2.67. The molecular formula is C13H14O4. The highest BCUT2D eigenvalue weighted by Crippen LogP contribution is 2.20. The van der Waals surface area contributed by atoms with Crippen molar-refractivity contribution in [2.45, 2.75) is 24.4 Å². The molecular weight excluding hydrogens is 220 g/mol. The van der Waals surface area contributed by atoms with E-state index >= 15 is 0 Å². The van der Waals surface area contributed by atoms with Gasteiger partial charge in [-0.1, -0.05) is 30.0 Å². The molecule has 1 saturated heterocycles. The van der Waals surface area contributed by atoms with Crippen molar-refractivity contribution in [3.8, 4) is 11.8 Å². The minimum atomic E-state index is -1.09. The Hall–Kier alpha value is -1.38. The SMILES string of the molecule is OC[C@H]1O[C@@H](C#Cc2ccccc2)[C@H](O)[C@@H]1O. The van der Waals surface area contributed by atoms with Crippen LogP contribution in [0.5, 0.6) is 0 Å². The van der Waals surface area contributed by atoms with Crippen LogP contribution >= 0.6 is 0 Å². The molecule has 4 heteroatoms. The van der Waals surface area contributed by atoms with Gasteiger partial charge in [0, 0.05) is 5.56 Å². The monoisotopic (exact) mass is 234 g/mol. The fourth-order valence-electron chi connectivity index (χ4n) is 1.69. The molecule has 1 fully saturated rings. The summed E-state index contributed by atoms with van der Waals surface area (Å²) in [7, 11) is 0. The summed E-state index contributed by atoms with van der Waals surface area (Å²) in [5.41, 5.74) is 0.810. The van der Waals surface area contributed by atoms with Crippen LogP contribution in [0, 0.1) is 11.8 Å². The Kier molecular flexibility index (Phi) is 3.77. The number of rotatable bonds is 1. The van der Waals surface area contributed by atoms with Crippen molar-refractivity contribution in [1.29, 1.82) is 0 Å².